The van der Waals surface area contributed by atoms with Crippen molar-refractivity contribution < 1.29 is 4.79 Å². The average Bonchev–Trinajstić information content (AvgIpc) is 2.36. The minimum Gasteiger partial charge on any atom is -0.325 e. The monoisotopic (exact) mass is 283 g/mol. The molecule has 0 heterocycles. The molecule has 0 aliphatic carbocycles. The summed E-state index contributed by atoms with van der Waals surface area (Å²) in [5.74, 6) is -0.0325. The van der Waals surface area contributed by atoms with E-state index in [1.54, 1.807) is 24.3 Å². The molecule has 0 aromatic heterocycles. The normalized spacial score (nSPS) is 10.7. The van der Waals surface area contributed by atoms with Crippen molar-refractivity contribution in [3.63, 3.8) is 0 Å². The highest BCUT2D eigenvalue weighted by Crippen LogP contribution is 2.12. The number of nitrogens with one attached hydrogen (secondary N) is 2. The van der Waals surface area contributed by atoms with Crippen LogP contribution in [0, 0.1) is 0 Å². The van der Waals surface area contributed by atoms with E-state index < -0.39 is 0 Å². The van der Waals surface area contributed by atoms with Crippen LogP contribution in [0.4, 0.5) is 5.69 Å². The highest BCUT2D eigenvalue weighted by Gasteiger charge is 2.01. The van der Waals surface area contributed by atoms with Crippen molar-refractivity contribution in [3.8, 4) is 0 Å². The predicted octanol–water partition coefficient (Wildman–Crippen LogP) is 2.21. The molecule has 0 spiro atoms. The minimum atomic E-state index is -0.0325. The quantitative estimate of drug-likeness (QED) is 0.719. The van der Waals surface area contributed by atoms with Crippen molar-refractivity contribution in [1.29, 1.82) is 0 Å². The largest absolute Gasteiger partial charge is 0.325 e. The van der Waals surface area contributed by atoms with E-state index in [4.69, 9.17) is 11.6 Å². The molecule has 0 radical (unpaired) electrons. The molecular weight excluding hydrogens is 262 g/mol. The molecule has 2 N–H and O–H groups in total. The topological polar surface area (TPSA) is 44.4 Å². The average molecular weight is 284 g/mol. The van der Waals surface area contributed by atoms with Crippen LogP contribution in [0.2, 0.25) is 5.02 Å². The van der Waals surface area contributed by atoms with Crippen LogP contribution in [-0.4, -0.2) is 44.5 Å². The predicted molar refractivity (Wildman–Crippen MR) is 80.7 cm³/mol. The lowest BCUT2D eigenvalue weighted by Gasteiger charge is -2.09. The molecule has 0 bridgehead atoms. The third-order valence-electron chi connectivity index (χ3n) is 2.62. The van der Waals surface area contributed by atoms with E-state index in [0.29, 0.717) is 11.6 Å². The van der Waals surface area contributed by atoms with Gasteiger partial charge in [0.25, 0.3) is 0 Å². The first-order valence-corrected chi connectivity index (χ1v) is 6.86. The molecule has 1 aromatic carbocycles. The number of hydrogen-bond donors (Lipinski definition) is 2. The summed E-state index contributed by atoms with van der Waals surface area (Å²) in [6.45, 7) is 2.28. The van der Waals surface area contributed by atoms with Crippen molar-refractivity contribution in [2.75, 3.05) is 39.0 Å². The molecule has 5 heteroatoms. The van der Waals surface area contributed by atoms with Gasteiger partial charge in [-0.1, -0.05) is 11.6 Å². The van der Waals surface area contributed by atoms with Crippen LogP contribution in [0.25, 0.3) is 0 Å². The lowest BCUT2D eigenvalue weighted by atomic mass is 10.3. The second-order valence-electron chi connectivity index (χ2n) is 4.74. The van der Waals surface area contributed by atoms with E-state index in [9.17, 15) is 4.79 Å². The van der Waals surface area contributed by atoms with E-state index in [2.05, 4.69) is 29.6 Å². The molecule has 1 amide bonds. The maximum atomic E-state index is 11.6. The summed E-state index contributed by atoms with van der Waals surface area (Å²) >= 11 is 5.77. The van der Waals surface area contributed by atoms with E-state index in [1.165, 1.54) is 0 Å². The molecule has 1 aromatic rings. The highest BCUT2D eigenvalue weighted by atomic mass is 35.5. The molecule has 0 saturated carbocycles. The van der Waals surface area contributed by atoms with Crippen molar-refractivity contribution >= 4 is 23.2 Å². The number of rotatable bonds is 8. The van der Waals surface area contributed by atoms with E-state index in [0.717, 1.165) is 31.6 Å². The van der Waals surface area contributed by atoms with Crippen molar-refractivity contribution in [1.82, 2.24) is 10.2 Å². The van der Waals surface area contributed by atoms with E-state index in [-0.39, 0.29) is 5.91 Å². The summed E-state index contributed by atoms with van der Waals surface area (Å²) in [5.41, 5.74) is 0.767. The molecule has 4 nitrogen and oxygen atoms in total. The second-order valence-corrected chi connectivity index (χ2v) is 5.18. The second kappa shape index (κ2) is 8.91. The van der Waals surface area contributed by atoms with Gasteiger partial charge in [0.05, 0.1) is 6.54 Å². The zero-order valence-corrected chi connectivity index (χ0v) is 12.3. The van der Waals surface area contributed by atoms with Crippen LogP contribution in [0.15, 0.2) is 24.3 Å². The lowest BCUT2D eigenvalue weighted by Crippen LogP contribution is -2.29. The summed E-state index contributed by atoms with van der Waals surface area (Å²) in [7, 11) is 4.12. The van der Waals surface area contributed by atoms with Gasteiger partial charge in [-0.2, -0.15) is 0 Å². The SMILES string of the molecule is CN(C)CCCCNCC(=O)Nc1ccc(Cl)cc1. The third kappa shape index (κ3) is 7.82. The summed E-state index contributed by atoms with van der Waals surface area (Å²) in [4.78, 5) is 13.8. The number of benzene rings is 1. The fraction of sp³-hybridized carbons (Fsp3) is 0.500. The van der Waals surface area contributed by atoms with Gasteiger partial charge in [-0.3, -0.25) is 4.79 Å². The number of carbonyl (C=O) groups is 1. The van der Waals surface area contributed by atoms with Gasteiger partial charge >= 0.3 is 0 Å². The van der Waals surface area contributed by atoms with E-state index >= 15 is 0 Å². The number of halogens is 1. The molecule has 0 aliphatic rings. The molecule has 0 atom stereocenters. The molecule has 0 aliphatic heterocycles. The van der Waals surface area contributed by atoms with Gasteiger partial charge in [-0.25, -0.2) is 0 Å². The Bertz CT molecular complexity index is 379. The lowest BCUT2D eigenvalue weighted by molar-refractivity contribution is -0.115. The van der Waals surface area contributed by atoms with Crippen LogP contribution in [-0.2, 0) is 4.79 Å². The van der Waals surface area contributed by atoms with Crippen LogP contribution in [0.3, 0.4) is 0 Å². The standard InChI is InChI=1S/C14H22ClN3O/c1-18(2)10-4-3-9-16-11-14(19)17-13-7-5-12(15)6-8-13/h5-8,16H,3-4,9-11H2,1-2H3,(H,17,19). The Balaban J connectivity index is 2.09. The van der Waals surface area contributed by atoms with Crippen molar-refractivity contribution in [3.05, 3.63) is 29.3 Å². The first-order chi connectivity index (χ1) is 9.08. The summed E-state index contributed by atoms with van der Waals surface area (Å²) < 4.78 is 0. The maximum absolute atomic E-state index is 11.6. The van der Waals surface area contributed by atoms with Crippen molar-refractivity contribution in [2.24, 2.45) is 0 Å². The van der Waals surface area contributed by atoms with Crippen LogP contribution < -0.4 is 10.6 Å². The Morgan fingerprint density at radius 3 is 2.53 bits per heavy atom. The Morgan fingerprint density at radius 1 is 1.21 bits per heavy atom. The number of anilines is 1. The smallest absolute Gasteiger partial charge is 0.238 e. The fourth-order valence-corrected chi connectivity index (χ4v) is 1.74. The molecule has 0 fully saturated rings. The third-order valence-corrected chi connectivity index (χ3v) is 2.87. The van der Waals surface area contributed by atoms with Gasteiger partial charge in [0.15, 0.2) is 0 Å². The van der Waals surface area contributed by atoms with Gasteiger partial charge in [0.1, 0.15) is 0 Å². The minimum absolute atomic E-state index is 0.0325. The summed E-state index contributed by atoms with van der Waals surface area (Å²) in [6, 6.07) is 7.09. The number of hydrogen-bond acceptors (Lipinski definition) is 3. The zero-order chi connectivity index (χ0) is 14.1. The Hall–Kier alpha value is -1.10. The maximum Gasteiger partial charge on any atom is 0.238 e. The fourth-order valence-electron chi connectivity index (χ4n) is 1.62. The number of unbranched alkanes of at least 4 members (excludes halogenated alkanes) is 1. The van der Waals surface area contributed by atoms with Gasteiger partial charge in [0.2, 0.25) is 5.91 Å². The van der Waals surface area contributed by atoms with Gasteiger partial charge < -0.3 is 15.5 Å². The molecular formula is C14H22ClN3O. The van der Waals surface area contributed by atoms with Crippen LogP contribution in [0.5, 0.6) is 0 Å². The van der Waals surface area contributed by atoms with Crippen LogP contribution >= 0.6 is 11.6 Å². The number of carbonyl (C=O) groups excluding carboxylic acids is 1. The summed E-state index contributed by atoms with van der Waals surface area (Å²) in [5, 5.41) is 6.61. The zero-order valence-electron chi connectivity index (χ0n) is 11.6. The summed E-state index contributed by atoms with van der Waals surface area (Å²) in [6.07, 6.45) is 2.21. The Kier molecular flexibility index (Phi) is 7.48. The first-order valence-electron chi connectivity index (χ1n) is 6.49. The number of nitrogens with zero attached hydrogens (tertiary/aromatic N) is 1. The number of amides is 1. The van der Waals surface area contributed by atoms with E-state index in [1.807, 2.05) is 0 Å². The molecule has 19 heavy (non-hydrogen) atoms. The van der Waals surface area contributed by atoms with Gasteiger partial charge in [-0.05, 0) is 64.3 Å². The Labute approximate surface area is 120 Å². The van der Waals surface area contributed by atoms with Crippen LogP contribution in [0.1, 0.15) is 12.8 Å². The molecule has 0 saturated heterocycles. The first kappa shape index (κ1) is 16.0. The van der Waals surface area contributed by atoms with Gasteiger partial charge in [-0.15, -0.1) is 0 Å². The molecule has 0 unspecified atom stereocenters. The Morgan fingerprint density at radius 2 is 1.89 bits per heavy atom. The molecule has 106 valence electrons. The van der Waals surface area contributed by atoms with Gasteiger partial charge in [0, 0.05) is 10.7 Å². The molecule has 1 rings (SSSR count). The van der Waals surface area contributed by atoms with Crippen molar-refractivity contribution in [2.45, 2.75) is 12.8 Å². The highest BCUT2D eigenvalue weighted by molar-refractivity contribution is 6.30.